The molecule has 0 aliphatic rings. The highest BCUT2D eigenvalue weighted by molar-refractivity contribution is 9.09. The molecule has 1 amide bonds. The molecule has 1 rings (SSSR count). The SMILES string of the molecule is COCCN(CCBr)C(=O)c1scc(C)c1Cl. The predicted octanol–water partition coefficient (Wildman–Crippen LogP) is 3.19. The standard InChI is InChI=1S/C11H15BrClNO2S/c1-8-7-17-10(9(8)13)11(15)14(4-3-12)5-6-16-2/h7H,3-6H2,1-2H3. The van der Waals surface area contributed by atoms with Crippen LogP contribution in [0, 0.1) is 6.92 Å². The number of carbonyl (C=O) groups excluding carboxylic acids is 1. The molecule has 1 aromatic rings. The molecule has 96 valence electrons. The van der Waals surface area contributed by atoms with Crippen LogP contribution >= 0.6 is 38.9 Å². The maximum atomic E-state index is 12.3. The summed E-state index contributed by atoms with van der Waals surface area (Å²) in [4.78, 5) is 14.6. The highest BCUT2D eigenvalue weighted by atomic mass is 79.9. The van der Waals surface area contributed by atoms with Gasteiger partial charge in [-0.25, -0.2) is 0 Å². The number of thiophene rings is 1. The smallest absolute Gasteiger partial charge is 0.265 e. The van der Waals surface area contributed by atoms with E-state index < -0.39 is 0 Å². The third kappa shape index (κ3) is 3.95. The molecule has 0 unspecified atom stereocenters. The zero-order chi connectivity index (χ0) is 12.8. The summed E-state index contributed by atoms with van der Waals surface area (Å²) in [5.74, 6) is -0.0235. The lowest BCUT2D eigenvalue weighted by Crippen LogP contribution is -2.35. The van der Waals surface area contributed by atoms with E-state index in [4.69, 9.17) is 16.3 Å². The Morgan fingerprint density at radius 3 is 2.76 bits per heavy atom. The zero-order valence-electron chi connectivity index (χ0n) is 9.83. The fourth-order valence-corrected chi connectivity index (χ4v) is 3.00. The van der Waals surface area contributed by atoms with Crippen molar-refractivity contribution in [1.29, 1.82) is 0 Å². The van der Waals surface area contributed by atoms with E-state index >= 15 is 0 Å². The van der Waals surface area contributed by atoms with Crippen molar-refractivity contribution in [2.75, 3.05) is 32.1 Å². The van der Waals surface area contributed by atoms with Gasteiger partial charge in [0.2, 0.25) is 0 Å². The average Bonchev–Trinajstić information content (AvgIpc) is 2.65. The Morgan fingerprint density at radius 2 is 2.29 bits per heavy atom. The molecule has 0 radical (unpaired) electrons. The Labute approximate surface area is 119 Å². The first-order valence-corrected chi connectivity index (χ1v) is 7.57. The summed E-state index contributed by atoms with van der Waals surface area (Å²) in [5.41, 5.74) is 0.950. The van der Waals surface area contributed by atoms with Crippen LogP contribution in [0.5, 0.6) is 0 Å². The number of rotatable bonds is 6. The van der Waals surface area contributed by atoms with Gasteiger partial charge in [-0.05, 0) is 17.9 Å². The van der Waals surface area contributed by atoms with E-state index in [1.54, 1.807) is 12.0 Å². The number of hydrogen-bond donors (Lipinski definition) is 0. The topological polar surface area (TPSA) is 29.5 Å². The van der Waals surface area contributed by atoms with Crippen molar-refractivity contribution >= 4 is 44.8 Å². The van der Waals surface area contributed by atoms with Gasteiger partial charge in [-0.15, -0.1) is 11.3 Å². The second-order valence-electron chi connectivity index (χ2n) is 3.54. The Morgan fingerprint density at radius 1 is 1.59 bits per heavy atom. The molecule has 0 aliphatic heterocycles. The van der Waals surface area contributed by atoms with Crippen LogP contribution < -0.4 is 0 Å². The highest BCUT2D eigenvalue weighted by Crippen LogP contribution is 2.28. The molecule has 1 aromatic heterocycles. The Kier molecular flexibility index (Phi) is 6.48. The lowest BCUT2D eigenvalue weighted by Gasteiger charge is -2.20. The molecule has 3 nitrogen and oxygen atoms in total. The lowest BCUT2D eigenvalue weighted by atomic mass is 10.3. The molecule has 0 aliphatic carbocycles. The summed E-state index contributed by atoms with van der Waals surface area (Å²) in [6, 6.07) is 0. The molecule has 0 saturated heterocycles. The molecule has 0 N–H and O–H groups in total. The first kappa shape index (κ1) is 15.0. The van der Waals surface area contributed by atoms with Gasteiger partial charge in [0.05, 0.1) is 11.6 Å². The molecule has 0 spiro atoms. The Hall–Kier alpha value is -0.100. The number of halogens is 2. The molecular formula is C11H15BrClNO2S. The average molecular weight is 341 g/mol. The molecule has 0 bridgehead atoms. The molecule has 0 aromatic carbocycles. The van der Waals surface area contributed by atoms with Gasteiger partial charge in [0.15, 0.2) is 0 Å². The lowest BCUT2D eigenvalue weighted by molar-refractivity contribution is 0.0714. The predicted molar refractivity (Wildman–Crippen MR) is 75.6 cm³/mol. The molecule has 6 heteroatoms. The summed E-state index contributed by atoms with van der Waals surface area (Å²) >= 11 is 10.8. The normalized spacial score (nSPS) is 10.6. The highest BCUT2D eigenvalue weighted by Gasteiger charge is 2.20. The van der Waals surface area contributed by atoms with Gasteiger partial charge in [-0.1, -0.05) is 27.5 Å². The third-order valence-corrected chi connectivity index (χ3v) is 4.34. The maximum absolute atomic E-state index is 12.3. The van der Waals surface area contributed by atoms with Crippen LogP contribution in [0.25, 0.3) is 0 Å². The third-order valence-electron chi connectivity index (χ3n) is 2.30. The number of aryl methyl sites for hydroxylation is 1. The van der Waals surface area contributed by atoms with Gasteiger partial charge >= 0.3 is 0 Å². The summed E-state index contributed by atoms with van der Waals surface area (Å²) in [7, 11) is 1.62. The molecule has 1 heterocycles. The summed E-state index contributed by atoms with van der Waals surface area (Å²) in [6.45, 7) is 3.66. The molecular weight excluding hydrogens is 326 g/mol. The van der Waals surface area contributed by atoms with Crippen molar-refractivity contribution in [2.45, 2.75) is 6.92 Å². The zero-order valence-corrected chi connectivity index (χ0v) is 13.0. The van der Waals surface area contributed by atoms with E-state index in [1.807, 2.05) is 12.3 Å². The van der Waals surface area contributed by atoms with Crippen LogP contribution in [-0.2, 0) is 4.74 Å². The fourth-order valence-electron chi connectivity index (χ4n) is 1.34. The van der Waals surface area contributed by atoms with E-state index in [0.717, 1.165) is 10.9 Å². The number of nitrogens with zero attached hydrogens (tertiary/aromatic N) is 1. The first-order chi connectivity index (χ1) is 8.11. The number of hydrogen-bond acceptors (Lipinski definition) is 3. The largest absolute Gasteiger partial charge is 0.383 e. The number of methoxy groups -OCH3 is 1. The van der Waals surface area contributed by atoms with Crippen LogP contribution in [0.4, 0.5) is 0 Å². The minimum absolute atomic E-state index is 0.0235. The monoisotopic (exact) mass is 339 g/mol. The van der Waals surface area contributed by atoms with Gasteiger partial charge in [0.1, 0.15) is 4.88 Å². The van der Waals surface area contributed by atoms with E-state index in [-0.39, 0.29) is 5.91 Å². The van der Waals surface area contributed by atoms with Crippen LogP contribution in [0.2, 0.25) is 5.02 Å². The van der Waals surface area contributed by atoms with Gasteiger partial charge in [-0.3, -0.25) is 4.79 Å². The van der Waals surface area contributed by atoms with Crippen LogP contribution in [0.15, 0.2) is 5.38 Å². The second-order valence-corrected chi connectivity index (χ2v) is 5.59. The summed E-state index contributed by atoms with van der Waals surface area (Å²) < 4.78 is 5.00. The Balaban J connectivity index is 2.80. The number of carbonyl (C=O) groups is 1. The van der Waals surface area contributed by atoms with Gasteiger partial charge in [0.25, 0.3) is 5.91 Å². The summed E-state index contributed by atoms with van der Waals surface area (Å²) in [5, 5.41) is 3.21. The minimum Gasteiger partial charge on any atom is -0.383 e. The van der Waals surface area contributed by atoms with Crippen molar-refractivity contribution in [2.24, 2.45) is 0 Å². The number of alkyl halides is 1. The van der Waals surface area contributed by atoms with E-state index in [1.165, 1.54) is 11.3 Å². The molecule has 17 heavy (non-hydrogen) atoms. The quantitative estimate of drug-likeness (QED) is 0.744. The van der Waals surface area contributed by atoms with E-state index in [2.05, 4.69) is 15.9 Å². The summed E-state index contributed by atoms with van der Waals surface area (Å²) in [6.07, 6.45) is 0. The second kappa shape index (κ2) is 7.36. The van der Waals surface area contributed by atoms with Gasteiger partial charge in [-0.2, -0.15) is 0 Å². The van der Waals surface area contributed by atoms with Crippen molar-refractivity contribution in [3.8, 4) is 0 Å². The van der Waals surface area contributed by atoms with Gasteiger partial charge in [0, 0.05) is 25.5 Å². The fraction of sp³-hybridized carbons (Fsp3) is 0.545. The van der Waals surface area contributed by atoms with Crippen LogP contribution in [0.1, 0.15) is 15.2 Å². The van der Waals surface area contributed by atoms with Crippen molar-refractivity contribution in [3.63, 3.8) is 0 Å². The number of amides is 1. The van der Waals surface area contributed by atoms with Crippen molar-refractivity contribution in [1.82, 2.24) is 4.90 Å². The van der Waals surface area contributed by atoms with E-state index in [9.17, 15) is 4.79 Å². The first-order valence-electron chi connectivity index (χ1n) is 5.19. The molecule has 0 atom stereocenters. The minimum atomic E-state index is -0.0235. The number of ether oxygens (including phenoxy) is 1. The van der Waals surface area contributed by atoms with Crippen LogP contribution in [-0.4, -0.2) is 42.9 Å². The van der Waals surface area contributed by atoms with Crippen LogP contribution in [0.3, 0.4) is 0 Å². The van der Waals surface area contributed by atoms with Gasteiger partial charge < -0.3 is 9.64 Å². The van der Waals surface area contributed by atoms with Crippen molar-refractivity contribution < 1.29 is 9.53 Å². The van der Waals surface area contributed by atoms with Crippen molar-refractivity contribution in [3.05, 3.63) is 20.8 Å². The molecule has 0 fully saturated rings. The molecule has 0 saturated carbocycles. The van der Waals surface area contributed by atoms with E-state index in [0.29, 0.717) is 29.6 Å². The maximum Gasteiger partial charge on any atom is 0.265 e. The Bertz CT molecular complexity index is 384.